The number of methoxy groups -OCH3 is 1. The second-order valence-corrected chi connectivity index (χ2v) is 7.80. The van der Waals surface area contributed by atoms with E-state index in [1.54, 1.807) is 30.3 Å². The van der Waals surface area contributed by atoms with Crippen molar-refractivity contribution in [3.8, 4) is 23.0 Å². The van der Waals surface area contributed by atoms with Crippen LogP contribution in [0.3, 0.4) is 0 Å². The third-order valence-electron chi connectivity index (χ3n) is 6.01. The number of ether oxygens (including phenoxy) is 1. The molecule has 0 spiro atoms. The van der Waals surface area contributed by atoms with Crippen LogP contribution in [0.2, 0.25) is 0 Å². The Morgan fingerprint density at radius 1 is 0.594 bits per heavy atom. The maximum absolute atomic E-state index is 11.1. The number of benzene rings is 5. The Morgan fingerprint density at radius 3 is 1.62 bits per heavy atom. The van der Waals surface area contributed by atoms with E-state index >= 15 is 0 Å². The lowest BCUT2D eigenvalue weighted by Crippen LogP contribution is -2.06. The highest BCUT2D eigenvalue weighted by Crippen LogP contribution is 2.47. The maximum Gasteiger partial charge on any atom is 0.160 e. The molecule has 0 aromatic heterocycles. The zero-order chi connectivity index (χ0) is 22.2. The first-order valence-corrected chi connectivity index (χ1v) is 10.4. The topological polar surface area (TPSA) is 69.9 Å². The molecule has 0 bridgehead atoms. The molecule has 158 valence electrons. The van der Waals surface area contributed by atoms with E-state index in [0.29, 0.717) is 16.9 Å². The summed E-state index contributed by atoms with van der Waals surface area (Å²) < 4.78 is 5.37. The van der Waals surface area contributed by atoms with E-state index in [2.05, 4.69) is 0 Å². The van der Waals surface area contributed by atoms with E-state index < -0.39 is 5.92 Å². The average Bonchev–Trinajstić information content (AvgIpc) is 2.82. The van der Waals surface area contributed by atoms with Crippen LogP contribution in [0.4, 0.5) is 0 Å². The normalized spacial score (nSPS) is 11.3. The summed E-state index contributed by atoms with van der Waals surface area (Å²) >= 11 is 0. The smallest absolute Gasteiger partial charge is 0.160 e. The lowest BCUT2D eigenvalue weighted by molar-refractivity contribution is 0.373. The van der Waals surface area contributed by atoms with Crippen LogP contribution in [-0.2, 0) is 0 Å². The molecule has 0 aliphatic heterocycles. The van der Waals surface area contributed by atoms with Crippen LogP contribution in [0.5, 0.6) is 23.0 Å². The molecule has 4 nitrogen and oxygen atoms in total. The van der Waals surface area contributed by atoms with Gasteiger partial charge in [-0.2, -0.15) is 0 Å². The summed E-state index contributed by atoms with van der Waals surface area (Å²) in [5.74, 6) is 0.106. The van der Waals surface area contributed by atoms with Crippen molar-refractivity contribution in [2.75, 3.05) is 7.11 Å². The van der Waals surface area contributed by atoms with Crippen LogP contribution in [-0.4, -0.2) is 22.4 Å². The molecule has 3 N–H and O–H groups in total. The SMILES string of the molecule is COc1cc(C(c2c(O)ccc3ccccc23)c2c(O)ccc3ccccc23)ccc1O. The van der Waals surface area contributed by atoms with E-state index in [-0.39, 0.29) is 17.2 Å². The zero-order valence-electron chi connectivity index (χ0n) is 17.5. The zero-order valence-corrected chi connectivity index (χ0v) is 17.5. The summed E-state index contributed by atoms with van der Waals surface area (Å²) in [5.41, 5.74) is 2.14. The summed E-state index contributed by atoms with van der Waals surface area (Å²) in [4.78, 5) is 0. The van der Waals surface area contributed by atoms with Crippen LogP contribution in [0.25, 0.3) is 21.5 Å². The molecule has 0 radical (unpaired) electrons. The second-order valence-electron chi connectivity index (χ2n) is 7.80. The molecule has 4 heteroatoms. The standard InChI is InChI=1S/C28H22O4/c1-32-25-16-19(12-13-22(25)29)26(27-20-8-4-2-6-17(20)10-14-23(27)30)28-21-9-5-3-7-18(21)11-15-24(28)31/h2-16,26,29-31H,1H3. The van der Waals surface area contributed by atoms with Crippen molar-refractivity contribution in [2.45, 2.75) is 5.92 Å². The first kappa shape index (κ1) is 19.8. The van der Waals surface area contributed by atoms with Crippen molar-refractivity contribution in [2.24, 2.45) is 0 Å². The van der Waals surface area contributed by atoms with Crippen LogP contribution >= 0.6 is 0 Å². The van der Waals surface area contributed by atoms with Gasteiger partial charge >= 0.3 is 0 Å². The summed E-state index contributed by atoms with van der Waals surface area (Å²) in [5, 5.41) is 36.1. The monoisotopic (exact) mass is 422 g/mol. The van der Waals surface area contributed by atoms with Crippen molar-refractivity contribution in [3.05, 3.63) is 108 Å². The molecule has 0 saturated heterocycles. The first-order valence-electron chi connectivity index (χ1n) is 10.4. The molecule has 32 heavy (non-hydrogen) atoms. The molecule has 0 aliphatic rings. The summed E-state index contributed by atoms with van der Waals surface area (Å²) in [6.07, 6.45) is 0. The van der Waals surface area contributed by atoms with Crippen molar-refractivity contribution in [1.29, 1.82) is 0 Å². The third kappa shape index (κ3) is 3.17. The summed E-state index contributed by atoms with van der Waals surface area (Å²) in [7, 11) is 1.50. The molecule has 5 rings (SSSR count). The van der Waals surface area contributed by atoms with E-state index in [9.17, 15) is 15.3 Å². The predicted octanol–water partition coefficient (Wildman–Crippen LogP) is 6.30. The number of aromatic hydroxyl groups is 3. The fraction of sp³-hybridized carbons (Fsp3) is 0.0714. The molecule has 5 aromatic rings. The lowest BCUT2D eigenvalue weighted by atomic mass is 9.79. The second kappa shape index (κ2) is 7.82. The average molecular weight is 422 g/mol. The molecule has 0 atom stereocenters. The minimum absolute atomic E-state index is 0.0271. The first-order chi connectivity index (χ1) is 15.6. The Morgan fingerprint density at radius 2 is 1.09 bits per heavy atom. The van der Waals surface area contributed by atoms with Gasteiger partial charge in [0.15, 0.2) is 11.5 Å². The largest absolute Gasteiger partial charge is 0.508 e. The van der Waals surface area contributed by atoms with Crippen molar-refractivity contribution in [3.63, 3.8) is 0 Å². The molecule has 0 amide bonds. The van der Waals surface area contributed by atoms with Gasteiger partial charge in [0.05, 0.1) is 7.11 Å². The van der Waals surface area contributed by atoms with Gasteiger partial charge in [-0.15, -0.1) is 0 Å². The third-order valence-corrected chi connectivity index (χ3v) is 6.01. The molecular formula is C28H22O4. The van der Waals surface area contributed by atoms with Crippen LogP contribution in [0.15, 0.2) is 91.0 Å². The fourth-order valence-corrected chi connectivity index (χ4v) is 4.53. The molecule has 0 unspecified atom stereocenters. The quantitative estimate of drug-likeness (QED) is 0.297. The van der Waals surface area contributed by atoms with Gasteiger partial charge in [0.2, 0.25) is 0 Å². The highest BCUT2D eigenvalue weighted by Gasteiger charge is 2.27. The maximum atomic E-state index is 11.1. The number of hydrogen-bond donors (Lipinski definition) is 3. The summed E-state index contributed by atoms with van der Waals surface area (Å²) in [6.45, 7) is 0. The van der Waals surface area contributed by atoms with E-state index in [0.717, 1.165) is 27.1 Å². The molecular weight excluding hydrogens is 400 g/mol. The van der Waals surface area contributed by atoms with E-state index in [1.165, 1.54) is 7.11 Å². The number of phenols is 3. The Balaban J connectivity index is 1.92. The van der Waals surface area contributed by atoms with Gasteiger partial charge in [-0.25, -0.2) is 0 Å². The Hall–Kier alpha value is -4.18. The molecule has 0 fully saturated rings. The number of fused-ring (bicyclic) bond motifs is 2. The van der Waals surface area contributed by atoms with Gasteiger partial charge in [-0.3, -0.25) is 0 Å². The molecule has 0 heterocycles. The van der Waals surface area contributed by atoms with Gasteiger partial charge in [0.25, 0.3) is 0 Å². The number of phenolic OH excluding ortho intramolecular Hbond substituents is 3. The highest BCUT2D eigenvalue weighted by molar-refractivity contribution is 5.93. The van der Waals surface area contributed by atoms with Gasteiger partial charge < -0.3 is 20.1 Å². The number of hydrogen-bond acceptors (Lipinski definition) is 4. The Labute approximate surface area is 185 Å². The summed E-state index contributed by atoms with van der Waals surface area (Å²) in [6, 6.07) is 28.0. The number of rotatable bonds is 4. The van der Waals surface area contributed by atoms with Gasteiger partial charge in [0.1, 0.15) is 11.5 Å². The van der Waals surface area contributed by atoms with Crippen LogP contribution in [0.1, 0.15) is 22.6 Å². The Kier molecular flexibility index (Phi) is 4.83. The molecule has 5 aromatic carbocycles. The minimum atomic E-state index is -0.512. The van der Waals surface area contributed by atoms with E-state index in [4.69, 9.17) is 4.74 Å². The van der Waals surface area contributed by atoms with Crippen molar-refractivity contribution < 1.29 is 20.1 Å². The van der Waals surface area contributed by atoms with Crippen LogP contribution in [0, 0.1) is 0 Å². The lowest BCUT2D eigenvalue weighted by Gasteiger charge is -2.24. The Bertz CT molecular complexity index is 1370. The van der Waals surface area contributed by atoms with Gasteiger partial charge in [0, 0.05) is 17.0 Å². The van der Waals surface area contributed by atoms with Crippen molar-refractivity contribution >= 4 is 21.5 Å². The predicted molar refractivity (Wildman–Crippen MR) is 127 cm³/mol. The molecule has 0 aliphatic carbocycles. The van der Waals surface area contributed by atoms with Gasteiger partial charge in [-0.1, -0.05) is 66.7 Å². The fourth-order valence-electron chi connectivity index (χ4n) is 4.53. The highest BCUT2D eigenvalue weighted by atomic mass is 16.5. The van der Waals surface area contributed by atoms with E-state index in [1.807, 2.05) is 60.7 Å². The minimum Gasteiger partial charge on any atom is -0.508 e. The van der Waals surface area contributed by atoms with Crippen molar-refractivity contribution in [1.82, 2.24) is 0 Å². The van der Waals surface area contributed by atoms with Gasteiger partial charge in [-0.05, 0) is 51.4 Å². The van der Waals surface area contributed by atoms with Crippen LogP contribution < -0.4 is 4.74 Å². The molecule has 0 saturated carbocycles.